The number of hydrogen-bond acceptors (Lipinski definition) is 4. The molecule has 0 heterocycles. The number of aliphatic hydroxyl groups is 1. The van der Waals surface area contributed by atoms with E-state index >= 15 is 0 Å². The predicted octanol–water partition coefficient (Wildman–Crippen LogP) is 1.67. The van der Waals surface area contributed by atoms with Crippen LogP contribution in [0.15, 0.2) is 47.7 Å². The number of benzene rings is 1. The van der Waals surface area contributed by atoms with Gasteiger partial charge in [0.15, 0.2) is 5.78 Å². The zero-order valence-corrected chi connectivity index (χ0v) is 10.1. The van der Waals surface area contributed by atoms with Gasteiger partial charge in [-0.1, -0.05) is 12.1 Å². The number of methoxy groups -OCH3 is 1. The van der Waals surface area contributed by atoms with Crippen LogP contribution >= 0.6 is 0 Å². The molecule has 18 heavy (non-hydrogen) atoms. The number of ether oxygens (including phenoxy) is 1. The summed E-state index contributed by atoms with van der Waals surface area (Å²) in [6.07, 6.45) is 2.78. The number of carbonyl (C=O) groups excluding carboxylic acids is 1. The van der Waals surface area contributed by atoms with Gasteiger partial charge < -0.3 is 15.6 Å². The average molecular weight is 245 g/mol. The number of rotatable bonds is 3. The van der Waals surface area contributed by atoms with Gasteiger partial charge in [-0.25, -0.2) is 0 Å². The zero-order valence-electron chi connectivity index (χ0n) is 10.1. The molecule has 0 amide bonds. The Labute approximate surface area is 105 Å². The molecule has 0 radical (unpaired) electrons. The number of nitrogen functional groups attached to an aromatic ring is 1. The maximum atomic E-state index is 12.2. The van der Waals surface area contributed by atoms with Crippen molar-refractivity contribution in [2.75, 3.05) is 12.8 Å². The maximum Gasteiger partial charge on any atom is 0.191 e. The van der Waals surface area contributed by atoms with Gasteiger partial charge in [-0.15, -0.1) is 0 Å². The van der Waals surface area contributed by atoms with Crippen molar-refractivity contribution >= 4 is 11.5 Å². The van der Waals surface area contributed by atoms with Crippen LogP contribution in [0.25, 0.3) is 0 Å². The molecule has 0 spiro atoms. The SMILES string of the molecule is COC1=CC=C(C(=O)c2cccc(N)c2)C(O)C1. The minimum Gasteiger partial charge on any atom is -0.501 e. The molecule has 94 valence electrons. The molecule has 0 aliphatic heterocycles. The minimum atomic E-state index is -0.834. The van der Waals surface area contributed by atoms with Crippen molar-refractivity contribution in [3.63, 3.8) is 0 Å². The second-order valence-electron chi connectivity index (χ2n) is 4.13. The van der Waals surface area contributed by atoms with Crippen LogP contribution in [0.1, 0.15) is 16.8 Å². The Morgan fingerprint density at radius 1 is 1.44 bits per heavy atom. The molecule has 0 saturated heterocycles. The first-order valence-electron chi connectivity index (χ1n) is 5.65. The van der Waals surface area contributed by atoms with Crippen molar-refractivity contribution in [2.45, 2.75) is 12.5 Å². The van der Waals surface area contributed by atoms with Crippen LogP contribution in [-0.4, -0.2) is 24.1 Å². The first-order chi connectivity index (χ1) is 8.61. The van der Waals surface area contributed by atoms with Crippen LogP contribution < -0.4 is 5.73 Å². The van der Waals surface area contributed by atoms with Crippen molar-refractivity contribution in [2.24, 2.45) is 0 Å². The van der Waals surface area contributed by atoms with Crippen molar-refractivity contribution in [1.82, 2.24) is 0 Å². The zero-order chi connectivity index (χ0) is 13.1. The van der Waals surface area contributed by atoms with E-state index in [2.05, 4.69) is 0 Å². The van der Waals surface area contributed by atoms with Crippen LogP contribution in [0.5, 0.6) is 0 Å². The third-order valence-electron chi connectivity index (χ3n) is 2.88. The van der Waals surface area contributed by atoms with Crippen LogP contribution in [-0.2, 0) is 4.74 Å². The first-order valence-corrected chi connectivity index (χ1v) is 5.65. The highest BCUT2D eigenvalue weighted by Crippen LogP contribution is 2.23. The van der Waals surface area contributed by atoms with Crippen molar-refractivity contribution in [1.29, 1.82) is 0 Å². The van der Waals surface area contributed by atoms with Gasteiger partial charge in [-0.2, -0.15) is 0 Å². The van der Waals surface area contributed by atoms with E-state index in [1.54, 1.807) is 36.4 Å². The molecule has 1 aliphatic carbocycles. The molecule has 1 atom stereocenters. The van der Waals surface area contributed by atoms with E-state index in [9.17, 15) is 9.90 Å². The van der Waals surface area contributed by atoms with Gasteiger partial charge in [0.1, 0.15) is 0 Å². The Morgan fingerprint density at radius 3 is 2.83 bits per heavy atom. The Bertz CT molecular complexity index is 532. The molecule has 2 rings (SSSR count). The quantitative estimate of drug-likeness (QED) is 0.627. The summed E-state index contributed by atoms with van der Waals surface area (Å²) >= 11 is 0. The average Bonchev–Trinajstić information content (AvgIpc) is 2.37. The fourth-order valence-electron chi connectivity index (χ4n) is 1.89. The van der Waals surface area contributed by atoms with E-state index in [0.29, 0.717) is 29.0 Å². The van der Waals surface area contributed by atoms with Crippen molar-refractivity contribution in [3.05, 3.63) is 53.3 Å². The summed E-state index contributed by atoms with van der Waals surface area (Å²) in [6.45, 7) is 0. The summed E-state index contributed by atoms with van der Waals surface area (Å²) < 4.78 is 5.04. The van der Waals surface area contributed by atoms with Crippen LogP contribution in [0, 0.1) is 0 Å². The smallest absolute Gasteiger partial charge is 0.191 e. The molecule has 0 saturated carbocycles. The molecule has 4 nitrogen and oxygen atoms in total. The molecule has 1 aromatic rings. The summed E-state index contributed by atoms with van der Waals surface area (Å²) in [5.74, 6) is 0.452. The molecule has 1 aromatic carbocycles. The molecule has 4 heteroatoms. The molecule has 3 N–H and O–H groups in total. The third-order valence-corrected chi connectivity index (χ3v) is 2.88. The van der Waals surface area contributed by atoms with Gasteiger partial charge in [-0.05, 0) is 24.3 Å². The summed E-state index contributed by atoms with van der Waals surface area (Å²) in [5.41, 5.74) is 7.01. The Balaban J connectivity index is 2.29. The van der Waals surface area contributed by atoms with Gasteiger partial charge in [0.25, 0.3) is 0 Å². The fraction of sp³-hybridized carbons (Fsp3) is 0.214. The van der Waals surface area contributed by atoms with E-state index in [1.165, 1.54) is 7.11 Å². The number of nitrogens with two attached hydrogens (primary N) is 1. The van der Waals surface area contributed by atoms with Crippen molar-refractivity contribution < 1.29 is 14.6 Å². The van der Waals surface area contributed by atoms with Gasteiger partial charge in [0, 0.05) is 23.2 Å². The lowest BCUT2D eigenvalue weighted by molar-refractivity contribution is 0.0974. The predicted molar refractivity (Wildman–Crippen MR) is 69.0 cm³/mol. The Hall–Kier alpha value is -2.07. The number of allylic oxidation sites excluding steroid dienone is 2. The second kappa shape index (κ2) is 5.06. The lowest BCUT2D eigenvalue weighted by atomic mass is 9.93. The van der Waals surface area contributed by atoms with Gasteiger partial charge in [0.2, 0.25) is 0 Å². The normalized spacial score (nSPS) is 18.9. The van der Waals surface area contributed by atoms with E-state index in [1.807, 2.05) is 0 Å². The number of aliphatic hydroxyl groups excluding tert-OH is 1. The highest BCUT2D eigenvalue weighted by Gasteiger charge is 2.23. The Morgan fingerprint density at radius 2 is 2.22 bits per heavy atom. The molecule has 0 aromatic heterocycles. The van der Waals surface area contributed by atoms with Crippen molar-refractivity contribution in [3.8, 4) is 0 Å². The summed E-state index contributed by atoms with van der Waals surface area (Å²) in [5, 5.41) is 9.93. The summed E-state index contributed by atoms with van der Waals surface area (Å²) in [6, 6.07) is 6.72. The summed E-state index contributed by atoms with van der Waals surface area (Å²) in [7, 11) is 1.54. The molecule has 1 unspecified atom stereocenters. The molecular weight excluding hydrogens is 230 g/mol. The highest BCUT2D eigenvalue weighted by molar-refractivity contribution is 6.10. The first kappa shape index (κ1) is 12.4. The van der Waals surface area contributed by atoms with Gasteiger partial charge in [0.05, 0.1) is 19.0 Å². The van der Waals surface area contributed by atoms with E-state index in [0.717, 1.165) is 0 Å². The van der Waals surface area contributed by atoms with Gasteiger partial charge in [-0.3, -0.25) is 4.79 Å². The highest BCUT2D eigenvalue weighted by atomic mass is 16.5. The lowest BCUT2D eigenvalue weighted by Crippen LogP contribution is -2.21. The molecule has 0 bridgehead atoms. The number of Topliss-reactive ketones (excluding diaryl/α,β-unsaturated/α-hetero) is 1. The monoisotopic (exact) mass is 245 g/mol. The van der Waals surface area contributed by atoms with E-state index in [-0.39, 0.29) is 5.78 Å². The molecular formula is C14H15NO3. The number of hydrogen-bond donors (Lipinski definition) is 2. The fourth-order valence-corrected chi connectivity index (χ4v) is 1.89. The Kier molecular flexibility index (Phi) is 3.48. The van der Waals surface area contributed by atoms with Crippen LogP contribution in [0.3, 0.4) is 0 Å². The van der Waals surface area contributed by atoms with Crippen LogP contribution in [0.2, 0.25) is 0 Å². The number of anilines is 1. The lowest BCUT2D eigenvalue weighted by Gasteiger charge is -2.19. The number of ketones is 1. The largest absolute Gasteiger partial charge is 0.501 e. The second-order valence-corrected chi connectivity index (χ2v) is 4.13. The minimum absolute atomic E-state index is 0.207. The standard InChI is InChI=1S/C14H15NO3/c1-18-11-5-6-12(13(16)8-11)14(17)9-3-2-4-10(15)7-9/h2-7,13,16H,8,15H2,1H3. The van der Waals surface area contributed by atoms with E-state index < -0.39 is 6.10 Å². The molecule has 0 fully saturated rings. The molecule has 1 aliphatic rings. The number of carbonyl (C=O) groups is 1. The maximum absolute atomic E-state index is 12.2. The van der Waals surface area contributed by atoms with E-state index in [4.69, 9.17) is 10.5 Å². The third kappa shape index (κ3) is 2.43. The summed E-state index contributed by atoms with van der Waals surface area (Å²) in [4.78, 5) is 12.2. The van der Waals surface area contributed by atoms with Gasteiger partial charge >= 0.3 is 0 Å². The topological polar surface area (TPSA) is 72.5 Å². The van der Waals surface area contributed by atoms with Crippen LogP contribution in [0.4, 0.5) is 5.69 Å².